The van der Waals surface area contributed by atoms with Crippen LogP contribution in [0.4, 0.5) is 8.78 Å². The molecule has 1 amide bonds. The SMILES string of the molecule is COc1nc(CNC(=O)C=Cc2cc(F)ccc2F)nc(OC)n1. The molecule has 7 nitrogen and oxygen atoms in total. The van der Waals surface area contributed by atoms with Gasteiger partial charge in [0, 0.05) is 11.6 Å². The molecule has 0 spiro atoms. The first-order chi connectivity index (χ1) is 11.5. The van der Waals surface area contributed by atoms with E-state index < -0.39 is 17.5 Å². The highest BCUT2D eigenvalue weighted by atomic mass is 19.1. The van der Waals surface area contributed by atoms with E-state index >= 15 is 0 Å². The lowest BCUT2D eigenvalue weighted by molar-refractivity contribution is -0.116. The van der Waals surface area contributed by atoms with Crippen molar-refractivity contribution in [1.82, 2.24) is 20.3 Å². The van der Waals surface area contributed by atoms with Crippen LogP contribution >= 0.6 is 0 Å². The van der Waals surface area contributed by atoms with E-state index in [1.54, 1.807) is 0 Å². The number of hydrogen-bond acceptors (Lipinski definition) is 6. The van der Waals surface area contributed by atoms with E-state index in [0.717, 1.165) is 24.3 Å². The van der Waals surface area contributed by atoms with Crippen LogP contribution in [-0.2, 0) is 11.3 Å². The maximum Gasteiger partial charge on any atom is 0.322 e. The summed E-state index contributed by atoms with van der Waals surface area (Å²) in [6.45, 7) is -0.0238. The zero-order valence-electron chi connectivity index (χ0n) is 12.9. The van der Waals surface area contributed by atoms with Crippen LogP contribution < -0.4 is 14.8 Å². The quantitative estimate of drug-likeness (QED) is 0.805. The van der Waals surface area contributed by atoms with E-state index in [0.29, 0.717) is 0 Å². The second-order valence-electron chi connectivity index (χ2n) is 4.44. The Morgan fingerprint density at radius 1 is 1.17 bits per heavy atom. The highest BCUT2D eigenvalue weighted by Crippen LogP contribution is 2.11. The number of carbonyl (C=O) groups is 1. The third-order valence-electron chi connectivity index (χ3n) is 2.80. The summed E-state index contributed by atoms with van der Waals surface area (Å²) in [5.74, 6) is -1.54. The average molecular weight is 336 g/mol. The van der Waals surface area contributed by atoms with Gasteiger partial charge < -0.3 is 14.8 Å². The largest absolute Gasteiger partial charge is 0.467 e. The number of halogens is 2. The standard InChI is InChI=1S/C15H14F2N4O3/c1-23-14-19-12(20-15(21-14)24-2)8-18-13(22)6-3-9-7-10(16)4-5-11(9)17/h3-7H,8H2,1-2H3,(H,18,22). The predicted octanol–water partition coefficient (Wildman–Crippen LogP) is 1.50. The average Bonchev–Trinajstić information content (AvgIpc) is 2.60. The Morgan fingerprint density at radius 2 is 1.83 bits per heavy atom. The minimum atomic E-state index is -0.632. The van der Waals surface area contributed by atoms with E-state index in [9.17, 15) is 13.6 Å². The molecule has 9 heteroatoms. The molecule has 0 fully saturated rings. The lowest BCUT2D eigenvalue weighted by Gasteiger charge is -2.05. The number of nitrogens with one attached hydrogen (secondary N) is 1. The van der Waals surface area contributed by atoms with Crippen LogP contribution in [-0.4, -0.2) is 35.1 Å². The number of rotatable bonds is 6. The van der Waals surface area contributed by atoms with Crippen molar-refractivity contribution in [3.63, 3.8) is 0 Å². The van der Waals surface area contributed by atoms with E-state index in [2.05, 4.69) is 20.3 Å². The monoisotopic (exact) mass is 336 g/mol. The Labute approximate surface area is 136 Å². The Morgan fingerprint density at radius 3 is 2.46 bits per heavy atom. The fraction of sp³-hybridized carbons (Fsp3) is 0.200. The van der Waals surface area contributed by atoms with Crippen molar-refractivity contribution in [2.45, 2.75) is 6.54 Å². The van der Waals surface area contributed by atoms with Gasteiger partial charge >= 0.3 is 12.0 Å². The Bertz CT molecular complexity index is 746. The molecule has 1 aromatic carbocycles. The first-order valence-electron chi connectivity index (χ1n) is 6.75. The molecule has 0 bridgehead atoms. The predicted molar refractivity (Wildman–Crippen MR) is 80.2 cm³/mol. The molecule has 1 N–H and O–H groups in total. The van der Waals surface area contributed by atoms with Crippen molar-refractivity contribution in [1.29, 1.82) is 0 Å². The normalized spacial score (nSPS) is 10.7. The van der Waals surface area contributed by atoms with Crippen molar-refractivity contribution in [2.24, 2.45) is 0 Å². The van der Waals surface area contributed by atoms with Crippen LogP contribution in [0.2, 0.25) is 0 Å². The minimum absolute atomic E-state index is 0.0238. The van der Waals surface area contributed by atoms with E-state index in [-0.39, 0.29) is 30.0 Å². The van der Waals surface area contributed by atoms with E-state index in [1.807, 2.05) is 0 Å². The van der Waals surface area contributed by atoms with Gasteiger partial charge in [-0.25, -0.2) is 8.78 Å². The molecule has 0 saturated carbocycles. The van der Waals surface area contributed by atoms with Gasteiger partial charge in [0.15, 0.2) is 5.82 Å². The summed E-state index contributed by atoms with van der Waals surface area (Å²) >= 11 is 0. The van der Waals surface area contributed by atoms with Gasteiger partial charge in [-0.15, -0.1) is 4.98 Å². The fourth-order valence-electron chi connectivity index (χ4n) is 1.67. The van der Waals surface area contributed by atoms with Gasteiger partial charge in [0.2, 0.25) is 5.91 Å². The molecule has 24 heavy (non-hydrogen) atoms. The van der Waals surface area contributed by atoms with Crippen molar-refractivity contribution >= 4 is 12.0 Å². The van der Waals surface area contributed by atoms with Crippen molar-refractivity contribution in [2.75, 3.05) is 14.2 Å². The number of methoxy groups -OCH3 is 2. The van der Waals surface area contributed by atoms with Gasteiger partial charge in [0.1, 0.15) is 11.6 Å². The third-order valence-corrected chi connectivity index (χ3v) is 2.80. The first-order valence-corrected chi connectivity index (χ1v) is 6.75. The van der Waals surface area contributed by atoms with Crippen LogP contribution in [0.25, 0.3) is 6.08 Å². The van der Waals surface area contributed by atoms with Gasteiger partial charge in [0.05, 0.1) is 20.8 Å². The molecule has 0 atom stereocenters. The molecule has 2 rings (SSSR count). The van der Waals surface area contributed by atoms with Crippen molar-refractivity contribution in [3.8, 4) is 12.0 Å². The Kier molecular flexibility index (Phi) is 5.72. The van der Waals surface area contributed by atoms with Crippen LogP contribution in [0.3, 0.4) is 0 Å². The third kappa shape index (κ3) is 4.70. The van der Waals surface area contributed by atoms with Crippen LogP contribution in [0.1, 0.15) is 11.4 Å². The molecule has 0 unspecified atom stereocenters. The number of hydrogen-bond donors (Lipinski definition) is 1. The zero-order chi connectivity index (χ0) is 17.5. The number of nitrogens with zero attached hydrogens (tertiary/aromatic N) is 3. The van der Waals surface area contributed by atoms with Crippen LogP contribution in [0.5, 0.6) is 12.0 Å². The van der Waals surface area contributed by atoms with Crippen molar-refractivity contribution in [3.05, 3.63) is 47.3 Å². The Balaban J connectivity index is 2.00. The fourth-order valence-corrected chi connectivity index (χ4v) is 1.67. The minimum Gasteiger partial charge on any atom is -0.467 e. The smallest absolute Gasteiger partial charge is 0.322 e. The molecule has 0 radical (unpaired) electrons. The van der Waals surface area contributed by atoms with Gasteiger partial charge in [-0.05, 0) is 24.3 Å². The zero-order valence-corrected chi connectivity index (χ0v) is 12.9. The van der Waals surface area contributed by atoms with Gasteiger partial charge in [0.25, 0.3) is 0 Å². The molecule has 2 aromatic rings. The first kappa shape index (κ1) is 17.3. The number of aromatic nitrogens is 3. The van der Waals surface area contributed by atoms with Crippen molar-refractivity contribution < 1.29 is 23.0 Å². The van der Waals surface area contributed by atoms with E-state index in [4.69, 9.17) is 9.47 Å². The molecule has 1 aromatic heterocycles. The highest BCUT2D eigenvalue weighted by molar-refractivity contribution is 5.91. The molecule has 0 aliphatic rings. The molecular weight excluding hydrogens is 322 g/mol. The maximum absolute atomic E-state index is 13.4. The Hall–Kier alpha value is -3.10. The summed E-state index contributed by atoms with van der Waals surface area (Å²) in [7, 11) is 2.76. The number of carbonyl (C=O) groups excluding carboxylic acids is 1. The summed E-state index contributed by atoms with van der Waals surface area (Å²) in [5, 5.41) is 2.50. The number of benzene rings is 1. The second-order valence-corrected chi connectivity index (χ2v) is 4.44. The molecule has 126 valence electrons. The maximum atomic E-state index is 13.4. The number of ether oxygens (including phenoxy) is 2. The molecular formula is C15H14F2N4O3. The summed E-state index contributed by atoms with van der Waals surface area (Å²) in [6.07, 6.45) is 2.25. The molecule has 1 heterocycles. The van der Waals surface area contributed by atoms with E-state index in [1.165, 1.54) is 20.3 Å². The second kappa shape index (κ2) is 7.95. The topological polar surface area (TPSA) is 86.2 Å². The van der Waals surface area contributed by atoms with Crippen LogP contribution in [0, 0.1) is 11.6 Å². The highest BCUT2D eigenvalue weighted by Gasteiger charge is 2.08. The lowest BCUT2D eigenvalue weighted by atomic mass is 10.2. The summed E-state index contributed by atoms with van der Waals surface area (Å²) < 4.78 is 36.2. The molecule has 0 saturated heterocycles. The van der Waals surface area contributed by atoms with Crippen LogP contribution in [0.15, 0.2) is 24.3 Å². The van der Waals surface area contributed by atoms with Gasteiger partial charge in [-0.3, -0.25) is 4.79 Å². The number of amides is 1. The summed E-state index contributed by atoms with van der Waals surface area (Å²) in [6, 6.07) is 3.05. The molecule has 0 aliphatic heterocycles. The summed E-state index contributed by atoms with van der Waals surface area (Å²) in [5.41, 5.74) is -0.0337. The van der Waals surface area contributed by atoms with Gasteiger partial charge in [-0.2, -0.15) is 9.97 Å². The lowest BCUT2D eigenvalue weighted by Crippen LogP contribution is -2.22. The summed E-state index contributed by atoms with van der Waals surface area (Å²) in [4.78, 5) is 23.5. The molecule has 0 aliphatic carbocycles. The van der Waals surface area contributed by atoms with Gasteiger partial charge in [-0.1, -0.05) is 0 Å².